The smallest absolute Gasteiger partial charge is 0.321 e. The summed E-state index contributed by atoms with van der Waals surface area (Å²) in [4.78, 5) is 12.6. The molecule has 1 aliphatic rings. The van der Waals surface area contributed by atoms with Gasteiger partial charge in [0.15, 0.2) is 0 Å². The third kappa shape index (κ3) is 3.65. The van der Waals surface area contributed by atoms with Crippen molar-refractivity contribution in [3.05, 3.63) is 77.2 Å². The third-order valence-electron chi connectivity index (χ3n) is 3.85. The topological polar surface area (TPSA) is 78.8 Å². The standard InChI is InChI=1S/C18H16FN3O3S/c1-12-3-9-15(10-4-12)20-18(23)17-11-16(21-26(24,25)22(17)2)13-5-7-14(19)8-6-13/h3-11H,1-2H3,(H,20,23). The van der Waals surface area contributed by atoms with Gasteiger partial charge in [-0.2, -0.15) is 8.42 Å². The highest BCUT2D eigenvalue weighted by Gasteiger charge is 2.30. The van der Waals surface area contributed by atoms with Crippen molar-refractivity contribution < 1.29 is 17.6 Å². The van der Waals surface area contributed by atoms with E-state index >= 15 is 0 Å². The summed E-state index contributed by atoms with van der Waals surface area (Å²) in [6.07, 6.45) is 1.36. The van der Waals surface area contributed by atoms with Crippen LogP contribution in [0.1, 0.15) is 11.1 Å². The van der Waals surface area contributed by atoms with Crippen LogP contribution in [0.15, 0.2) is 64.7 Å². The second-order valence-corrected chi connectivity index (χ2v) is 7.40. The number of nitrogens with zero attached hydrogens (tertiary/aromatic N) is 2. The summed E-state index contributed by atoms with van der Waals surface area (Å²) >= 11 is 0. The summed E-state index contributed by atoms with van der Waals surface area (Å²) in [7, 11) is -2.81. The number of aryl methyl sites for hydroxylation is 1. The van der Waals surface area contributed by atoms with E-state index in [4.69, 9.17) is 0 Å². The molecule has 0 aliphatic carbocycles. The fourth-order valence-electron chi connectivity index (χ4n) is 2.35. The lowest BCUT2D eigenvalue weighted by Gasteiger charge is -2.23. The van der Waals surface area contributed by atoms with Crippen LogP contribution < -0.4 is 5.32 Å². The molecule has 1 aliphatic heterocycles. The minimum absolute atomic E-state index is 0.0668. The summed E-state index contributed by atoms with van der Waals surface area (Å²) in [5, 5.41) is 2.66. The Hall–Kier alpha value is -3.00. The van der Waals surface area contributed by atoms with Crippen LogP contribution in [-0.4, -0.2) is 31.4 Å². The highest BCUT2D eigenvalue weighted by atomic mass is 32.2. The number of likely N-dealkylation sites (N-methyl/N-ethyl adjacent to an activating group) is 1. The highest BCUT2D eigenvalue weighted by molar-refractivity contribution is 7.88. The second-order valence-electron chi connectivity index (χ2n) is 5.78. The van der Waals surface area contributed by atoms with Crippen molar-refractivity contribution >= 4 is 27.5 Å². The van der Waals surface area contributed by atoms with Crippen LogP contribution >= 0.6 is 0 Å². The number of rotatable bonds is 3. The summed E-state index contributed by atoms with van der Waals surface area (Å²) in [5.41, 5.74) is 1.95. The normalized spacial score (nSPS) is 15.9. The molecule has 26 heavy (non-hydrogen) atoms. The van der Waals surface area contributed by atoms with Gasteiger partial charge >= 0.3 is 10.2 Å². The summed E-state index contributed by atoms with van der Waals surface area (Å²) in [5.74, 6) is -1.04. The molecule has 0 unspecified atom stereocenters. The van der Waals surface area contributed by atoms with Gasteiger partial charge in [-0.3, -0.25) is 4.79 Å². The van der Waals surface area contributed by atoms with Gasteiger partial charge in [-0.1, -0.05) is 17.7 Å². The molecule has 6 nitrogen and oxygen atoms in total. The number of carbonyl (C=O) groups is 1. The first kappa shape index (κ1) is 17.8. The summed E-state index contributed by atoms with van der Waals surface area (Å²) < 4.78 is 42.2. The van der Waals surface area contributed by atoms with Crippen LogP contribution in [-0.2, 0) is 15.0 Å². The van der Waals surface area contributed by atoms with E-state index in [1.165, 1.54) is 37.4 Å². The molecule has 0 fully saturated rings. The molecular weight excluding hydrogens is 357 g/mol. The van der Waals surface area contributed by atoms with Crippen molar-refractivity contribution in [2.24, 2.45) is 4.40 Å². The highest BCUT2D eigenvalue weighted by Crippen LogP contribution is 2.21. The Balaban J connectivity index is 1.95. The fourth-order valence-corrected chi connectivity index (χ4v) is 3.27. The molecule has 1 amide bonds. The van der Waals surface area contributed by atoms with Crippen molar-refractivity contribution in [3.8, 4) is 0 Å². The molecule has 0 saturated carbocycles. The molecule has 134 valence electrons. The maximum Gasteiger partial charge on any atom is 0.345 e. The zero-order chi connectivity index (χ0) is 18.9. The van der Waals surface area contributed by atoms with E-state index in [0.29, 0.717) is 11.3 Å². The van der Waals surface area contributed by atoms with Crippen LogP contribution in [0, 0.1) is 12.7 Å². The van der Waals surface area contributed by atoms with Crippen molar-refractivity contribution in [1.29, 1.82) is 0 Å². The molecule has 0 radical (unpaired) electrons. The number of anilines is 1. The van der Waals surface area contributed by atoms with Gasteiger partial charge in [-0.15, -0.1) is 4.40 Å². The van der Waals surface area contributed by atoms with E-state index in [1.54, 1.807) is 12.1 Å². The number of benzene rings is 2. The minimum Gasteiger partial charge on any atom is -0.321 e. The number of hydrogen-bond acceptors (Lipinski definition) is 3. The molecule has 0 atom stereocenters. The maximum absolute atomic E-state index is 13.1. The Morgan fingerprint density at radius 1 is 1.08 bits per heavy atom. The lowest BCUT2D eigenvalue weighted by Crippen LogP contribution is -2.35. The molecule has 2 aromatic rings. The predicted molar refractivity (Wildman–Crippen MR) is 97.5 cm³/mol. The average molecular weight is 373 g/mol. The first-order valence-electron chi connectivity index (χ1n) is 7.71. The predicted octanol–water partition coefficient (Wildman–Crippen LogP) is 2.64. The number of carbonyl (C=O) groups excluding carboxylic acids is 1. The Morgan fingerprint density at radius 2 is 1.69 bits per heavy atom. The first-order chi connectivity index (χ1) is 12.3. The van der Waals surface area contributed by atoms with E-state index in [2.05, 4.69) is 9.71 Å². The van der Waals surface area contributed by atoms with E-state index in [-0.39, 0.29) is 11.4 Å². The quantitative estimate of drug-likeness (QED) is 0.898. The zero-order valence-electron chi connectivity index (χ0n) is 14.1. The summed E-state index contributed by atoms with van der Waals surface area (Å²) in [6, 6.07) is 12.3. The van der Waals surface area contributed by atoms with E-state index in [9.17, 15) is 17.6 Å². The van der Waals surface area contributed by atoms with E-state index < -0.39 is 21.9 Å². The van der Waals surface area contributed by atoms with Crippen molar-refractivity contribution in [2.45, 2.75) is 6.92 Å². The number of halogens is 1. The van der Waals surface area contributed by atoms with Crippen molar-refractivity contribution in [1.82, 2.24) is 4.31 Å². The van der Waals surface area contributed by atoms with Gasteiger partial charge in [0, 0.05) is 18.3 Å². The maximum atomic E-state index is 13.1. The van der Waals surface area contributed by atoms with E-state index in [1.807, 2.05) is 19.1 Å². The first-order valence-corrected chi connectivity index (χ1v) is 9.10. The molecule has 0 spiro atoms. The number of allylic oxidation sites excluding steroid dienone is 1. The molecule has 1 heterocycles. The molecule has 8 heteroatoms. The number of amides is 1. The SMILES string of the molecule is Cc1ccc(NC(=O)C2=CC(c3ccc(F)cc3)=NS(=O)(=O)N2C)cc1. The van der Waals surface area contributed by atoms with Crippen LogP contribution in [0.5, 0.6) is 0 Å². The van der Waals surface area contributed by atoms with Gasteiger partial charge < -0.3 is 5.32 Å². The zero-order valence-corrected chi connectivity index (χ0v) is 14.9. The molecule has 3 rings (SSSR count). The largest absolute Gasteiger partial charge is 0.345 e. The Bertz CT molecular complexity index is 1010. The van der Waals surface area contributed by atoms with E-state index in [0.717, 1.165) is 9.87 Å². The molecular formula is C18H16FN3O3S. The number of nitrogens with one attached hydrogen (secondary N) is 1. The molecule has 1 N–H and O–H groups in total. The van der Waals surface area contributed by atoms with Gasteiger partial charge in [-0.05, 0) is 49.4 Å². The van der Waals surface area contributed by atoms with Gasteiger partial charge in [0.25, 0.3) is 5.91 Å². The average Bonchev–Trinajstić information content (AvgIpc) is 2.59. The van der Waals surface area contributed by atoms with Crippen molar-refractivity contribution in [2.75, 3.05) is 12.4 Å². The molecule has 0 bridgehead atoms. The van der Waals surface area contributed by atoms with Crippen LogP contribution in [0.2, 0.25) is 0 Å². The molecule has 2 aromatic carbocycles. The Kier molecular flexibility index (Phi) is 4.60. The van der Waals surface area contributed by atoms with Gasteiger partial charge in [0.1, 0.15) is 11.5 Å². The van der Waals surface area contributed by atoms with Crippen LogP contribution in [0.25, 0.3) is 0 Å². The second kappa shape index (κ2) is 6.72. The van der Waals surface area contributed by atoms with Crippen LogP contribution in [0.4, 0.5) is 10.1 Å². The minimum atomic E-state index is -4.06. The fraction of sp³-hybridized carbons (Fsp3) is 0.111. The van der Waals surface area contributed by atoms with Crippen molar-refractivity contribution in [3.63, 3.8) is 0 Å². The van der Waals surface area contributed by atoms with Gasteiger partial charge in [-0.25, -0.2) is 8.70 Å². The monoisotopic (exact) mass is 373 g/mol. The van der Waals surface area contributed by atoms with Gasteiger partial charge in [0.2, 0.25) is 0 Å². The van der Waals surface area contributed by atoms with Gasteiger partial charge in [0.05, 0.1) is 5.71 Å². The Morgan fingerprint density at radius 3 is 2.31 bits per heavy atom. The molecule has 0 saturated heterocycles. The lowest BCUT2D eigenvalue weighted by atomic mass is 10.1. The third-order valence-corrected chi connectivity index (χ3v) is 5.17. The summed E-state index contributed by atoms with van der Waals surface area (Å²) in [6.45, 7) is 1.92. The Labute approximate surface area is 150 Å². The van der Waals surface area contributed by atoms with Crippen LogP contribution in [0.3, 0.4) is 0 Å². The number of hydrogen-bond donors (Lipinski definition) is 1. The molecule has 0 aromatic heterocycles. The lowest BCUT2D eigenvalue weighted by molar-refractivity contribution is -0.113.